The van der Waals surface area contributed by atoms with E-state index in [1.165, 1.54) is 0 Å². The summed E-state index contributed by atoms with van der Waals surface area (Å²) in [6.45, 7) is 0.783. The minimum absolute atomic E-state index is 0.147. The Morgan fingerprint density at radius 3 is 2.87 bits per heavy atom. The van der Waals surface area contributed by atoms with E-state index < -0.39 is 0 Å². The lowest BCUT2D eigenvalue weighted by molar-refractivity contribution is 0.0486. The molecule has 7 heteroatoms. The molecule has 2 aromatic heterocycles. The summed E-state index contributed by atoms with van der Waals surface area (Å²) in [6, 6.07) is 7.88. The Bertz CT molecular complexity index is 826. The summed E-state index contributed by atoms with van der Waals surface area (Å²) in [6.07, 6.45) is 3.25. The third kappa shape index (κ3) is 2.70. The average molecular weight is 310 g/mol. The number of aromatic nitrogens is 4. The maximum absolute atomic E-state index is 9.37. The van der Waals surface area contributed by atoms with E-state index in [1.54, 1.807) is 6.20 Å². The molecule has 1 aromatic carbocycles. The number of nitrogen functional groups attached to an aromatic ring is 1. The lowest BCUT2D eigenvalue weighted by atomic mass is 9.82. The van der Waals surface area contributed by atoms with Crippen LogP contribution in [0.2, 0.25) is 0 Å². The fourth-order valence-corrected chi connectivity index (χ4v) is 2.97. The molecule has 1 saturated carbocycles. The highest BCUT2D eigenvalue weighted by Gasteiger charge is 2.26. The van der Waals surface area contributed by atoms with Gasteiger partial charge in [0.15, 0.2) is 0 Å². The monoisotopic (exact) mass is 310 g/mol. The number of rotatable bonds is 4. The predicted octanol–water partition coefficient (Wildman–Crippen LogP) is 1.78. The van der Waals surface area contributed by atoms with E-state index in [-0.39, 0.29) is 12.1 Å². The zero-order valence-electron chi connectivity index (χ0n) is 12.5. The molecule has 0 radical (unpaired) electrons. The molecule has 0 saturated heterocycles. The Balaban J connectivity index is 1.65. The van der Waals surface area contributed by atoms with Crippen molar-refractivity contribution in [3.8, 4) is 11.3 Å². The van der Waals surface area contributed by atoms with Crippen molar-refractivity contribution in [2.45, 2.75) is 18.9 Å². The van der Waals surface area contributed by atoms with Gasteiger partial charge in [-0.15, -0.1) is 0 Å². The molecule has 0 aliphatic heterocycles. The number of anilines is 2. The molecular weight excluding hydrogens is 292 g/mol. The van der Waals surface area contributed by atoms with Crippen molar-refractivity contribution in [2.75, 3.05) is 17.6 Å². The fourth-order valence-electron chi connectivity index (χ4n) is 2.97. The number of hydrogen-bond acceptors (Lipinski definition) is 6. The second-order valence-electron chi connectivity index (χ2n) is 6.00. The van der Waals surface area contributed by atoms with Crippen molar-refractivity contribution >= 4 is 22.7 Å². The van der Waals surface area contributed by atoms with Gasteiger partial charge in [-0.25, -0.2) is 4.98 Å². The van der Waals surface area contributed by atoms with E-state index in [9.17, 15) is 5.11 Å². The number of H-pyrrole nitrogens is 1. The van der Waals surface area contributed by atoms with Gasteiger partial charge in [0, 0.05) is 23.7 Å². The van der Waals surface area contributed by atoms with Gasteiger partial charge >= 0.3 is 0 Å². The Hall–Kier alpha value is -2.67. The van der Waals surface area contributed by atoms with Gasteiger partial charge in [-0.2, -0.15) is 10.1 Å². The third-order valence-corrected chi connectivity index (χ3v) is 4.29. The van der Waals surface area contributed by atoms with Gasteiger partial charge in [-0.1, -0.05) is 6.07 Å². The lowest BCUT2D eigenvalue weighted by Gasteiger charge is -2.31. The number of aromatic amines is 1. The number of benzene rings is 1. The summed E-state index contributed by atoms with van der Waals surface area (Å²) in [5.74, 6) is 1.47. The number of nitrogens with one attached hydrogen (secondary N) is 2. The molecule has 1 aliphatic rings. The molecule has 1 aliphatic carbocycles. The number of fused-ring (bicyclic) bond motifs is 1. The van der Waals surface area contributed by atoms with Crippen molar-refractivity contribution in [1.82, 2.24) is 20.2 Å². The molecule has 3 aromatic rings. The molecule has 0 atom stereocenters. The summed E-state index contributed by atoms with van der Waals surface area (Å²) in [4.78, 5) is 8.65. The van der Waals surface area contributed by atoms with Crippen LogP contribution in [0.5, 0.6) is 0 Å². The van der Waals surface area contributed by atoms with Gasteiger partial charge in [0.25, 0.3) is 0 Å². The number of aliphatic hydroxyl groups excluding tert-OH is 1. The topological polar surface area (TPSA) is 113 Å². The first-order valence-corrected chi connectivity index (χ1v) is 7.68. The van der Waals surface area contributed by atoms with Crippen LogP contribution in [0.25, 0.3) is 22.2 Å². The van der Waals surface area contributed by atoms with Gasteiger partial charge in [-0.05, 0) is 37.0 Å². The first-order chi connectivity index (χ1) is 11.2. The zero-order chi connectivity index (χ0) is 15.8. The Labute approximate surface area is 133 Å². The maximum atomic E-state index is 9.37. The van der Waals surface area contributed by atoms with Gasteiger partial charge in [0.05, 0.1) is 17.3 Å². The second-order valence-corrected chi connectivity index (χ2v) is 6.00. The highest BCUT2D eigenvalue weighted by molar-refractivity contribution is 5.92. The van der Waals surface area contributed by atoms with Crippen molar-refractivity contribution < 1.29 is 5.11 Å². The van der Waals surface area contributed by atoms with Crippen molar-refractivity contribution in [3.63, 3.8) is 0 Å². The van der Waals surface area contributed by atoms with E-state index in [1.807, 2.05) is 24.3 Å². The first-order valence-electron chi connectivity index (χ1n) is 7.68. The summed E-state index contributed by atoms with van der Waals surface area (Å²) in [5.41, 5.74) is 8.57. The highest BCUT2D eigenvalue weighted by Crippen LogP contribution is 2.29. The minimum atomic E-state index is -0.147. The molecule has 23 heavy (non-hydrogen) atoms. The first kappa shape index (κ1) is 14.0. The minimum Gasteiger partial charge on any atom is -0.393 e. The van der Waals surface area contributed by atoms with Crippen molar-refractivity contribution in [1.29, 1.82) is 0 Å². The lowest BCUT2D eigenvalue weighted by Crippen LogP contribution is -2.33. The van der Waals surface area contributed by atoms with Crippen LogP contribution in [0.3, 0.4) is 0 Å². The predicted molar refractivity (Wildman–Crippen MR) is 88.8 cm³/mol. The van der Waals surface area contributed by atoms with Crippen LogP contribution in [0.4, 0.5) is 11.8 Å². The molecule has 2 heterocycles. The van der Waals surface area contributed by atoms with Crippen molar-refractivity contribution in [3.05, 3.63) is 30.5 Å². The molecular formula is C16H18N6O. The van der Waals surface area contributed by atoms with E-state index in [2.05, 4.69) is 25.5 Å². The Morgan fingerprint density at radius 1 is 1.26 bits per heavy atom. The standard InChI is InChI=1S/C16H18N6O/c17-16-20-14-7-10(13-3-4-19-22-13)1-2-12(14)15(21-16)18-8-9-5-11(23)6-9/h1-4,7,9,11,23H,5-6,8H2,(H,19,22)(H3,17,18,20,21)/t9-,11-. The van der Waals surface area contributed by atoms with Crippen LogP contribution in [0.15, 0.2) is 30.5 Å². The number of hydrogen-bond donors (Lipinski definition) is 4. The summed E-state index contributed by atoms with van der Waals surface area (Å²) in [5, 5.41) is 20.6. The number of nitrogens with two attached hydrogens (primary N) is 1. The zero-order valence-corrected chi connectivity index (χ0v) is 12.5. The average Bonchev–Trinajstić information content (AvgIpc) is 3.03. The molecule has 7 nitrogen and oxygen atoms in total. The second kappa shape index (κ2) is 5.51. The van der Waals surface area contributed by atoms with Crippen LogP contribution >= 0.6 is 0 Å². The number of aliphatic hydroxyl groups is 1. The normalized spacial score (nSPS) is 20.4. The van der Waals surface area contributed by atoms with Crippen LogP contribution in [-0.2, 0) is 0 Å². The smallest absolute Gasteiger partial charge is 0.222 e. The molecule has 0 bridgehead atoms. The van der Waals surface area contributed by atoms with Crippen molar-refractivity contribution in [2.24, 2.45) is 5.92 Å². The summed E-state index contributed by atoms with van der Waals surface area (Å²) in [7, 11) is 0. The molecule has 0 unspecified atom stereocenters. The summed E-state index contributed by atoms with van der Waals surface area (Å²) >= 11 is 0. The molecule has 5 N–H and O–H groups in total. The molecule has 118 valence electrons. The van der Waals surface area contributed by atoms with Crippen LogP contribution < -0.4 is 11.1 Å². The van der Waals surface area contributed by atoms with Gasteiger partial charge in [0.1, 0.15) is 5.82 Å². The molecule has 0 amide bonds. The quantitative estimate of drug-likeness (QED) is 0.584. The maximum Gasteiger partial charge on any atom is 0.222 e. The highest BCUT2D eigenvalue weighted by atomic mass is 16.3. The number of nitrogens with zero attached hydrogens (tertiary/aromatic N) is 3. The van der Waals surface area contributed by atoms with Crippen LogP contribution in [0, 0.1) is 5.92 Å². The summed E-state index contributed by atoms with van der Waals surface area (Å²) < 4.78 is 0. The Morgan fingerprint density at radius 2 is 2.13 bits per heavy atom. The third-order valence-electron chi connectivity index (χ3n) is 4.29. The van der Waals surface area contributed by atoms with E-state index in [0.717, 1.165) is 47.4 Å². The largest absolute Gasteiger partial charge is 0.393 e. The SMILES string of the molecule is Nc1nc(NC[C@H]2C[C@H](O)C2)c2ccc(-c3ccn[nH]3)cc2n1. The molecule has 4 rings (SSSR count). The molecule has 1 fully saturated rings. The van der Waals surface area contributed by atoms with E-state index in [4.69, 9.17) is 5.73 Å². The molecule has 0 spiro atoms. The Kier molecular flexibility index (Phi) is 3.34. The fraction of sp³-hybridized carbons (Fsp3) is 0.312. The van der Waals surface area contributed by atoms with Gasteiger partial charge in [0.2, 0.25) is 5.95 Å². The van der Waals surface area contributed by atoms with Crippen LogP contribution in [-0.4, -0.2) is 37.9 Å². The van der Waals surface area contributed by atoms with Gasteiger partial charge in [-0.3, -0.25) is 5.10 Å². The van der Waals surface area contributed by atoms with Crippen LogP contribution in [0.1, 0.15) is 12.8 Å². The van der Waals surface area contributed by atoms with E-state index in [0.29, 0.717) is 5.92 Å². The van der Waals surface area contributed by atoms with Gasteiger partial charge < -0.3 is 16.2 Å². The van der Waals surface area contributed by atoms with E-state index >= 15 is 0 Å².